The molecule has 2 atom stereocenters. The summed E-state index contributed by atoms with van der Waals surface area (Å²) in [4.78, 5) is 22.9. The summed E-state index contributed by atoms with van der Waals surface area (Å²) in [6.07, 6.45) is 2.17. The average Bonchev–Trinajstić information content (AvgIpc) is 2.38. The zero-order chi connectivity index (χ0) is 16.0. The Bertz CT molecular complexity index is 565. The molecule has 0 aliphatic carbocycles. The van der Waals surface area contributed by atoms with E-state index in [0.29, 0.717) is 12.2 Å². The molecule has 0 fully saturated rings. The van der Waals surface area contributed by atoms with Gasteiger partial charge in [-0.3, -0.25) is 4.21 Å². The van der Waals surface area contributed by atoms with Crippen LogP contribution in [0.4, 0.5) is 10.5 Å². The lowest BCUT2D eigenvalue weighted by Gasteiger charge is -2.15. The SMILES string of the molecule is CC(CCS(C)=O)NC(=O)Nc1ccc(Cl)cc1C(=O)O. The molecule has 0 radical (unpaired) electrons. The number of nitrogens with one attached hydrogen (secondary N) is 2. The van der Waals surface area contributed by atoms with Crippen molar-refractivity contribution >= 4 is 40.1 Å². The summed E-state index contributed by atoms with van der Waals surface area (Å²) in [7, 11) is -0.915. The third-order valence-electron chi connectivity index (χ3n) is 2.68. The molecule has 8 heteroatoms. The molecule has 0 saturated carbocycles. The molecule has 0 spiro atoms. The number of carboxylic acids is 1. The van der Waals surface area contributed by atoms with E-state index in [2.05, 4.69) is 10.6 Å². The molecule has 6 nitrogen and oxygen atoms in total. The normalized spacial score (nSPS) is 13.3. The largest absolute Gasteiger partial charge is 0.478 e. The third-order valence-corrected chi connectivity index (χ3v) is 3.72. The topological polar surface area (TPSA) is 95.5 Å². The van der Waals surface area contributed by atoms with Gasteiger partial charge < -0.3 is 15.7 Å². The Morgan fingerprint density at radius 1 is 1.43 bits per heavy atom. The molecule has 21 heavy (non-hydrogen) atoms. The molecule has 116 valence electrons. The van der Waals surface area contributed by atoms with Gasteiger partial charge in [0.15, 0.2) is 0 Å². The fourth-order valence-electron chi connectivity index (χ4n) is 1.60. The van der Waals surface area contributed by atoms with E-state index < -0.39 is 22.8 Å². The maximum atomic E-state index is 11.8. The summed E-state index contributed by atoms with van der Waals surface area (Å²) < 4.78 is 11.0. The number of benzene rings is 1. The van der Waals surface area contributed by atoms with E-state index in [4.69, 9.17) is 16.7 Å². The van der Waals surface area contributed by atoms with Crippen LogP contribution >= 0.6 is 11.6 Å². The minimum Gasteiger partial charge on any atom is -0.478 e. The maximum absolute atomic E-state index is 11.8. The van der Waals surface area contributed by atoms with E-state index in [9.17, 15) is 13.8 Å². The molecular weight excluding hydrogens is 316 g/mol. The van der Waals surface area contributed by atoms with Gasteiger partial charge >= 0.3 is 12.0 Å². The van der Waals surface area contributed by atoms with Crippen LogP contribution in [0.25, 0.3) is 0 Å². The van der Waals surface area contributed by atoms with Crippen molar-refractivity contribution in [3.63, 3.8) is 0 Å². The maximum Gasteiger partial charge on any atom is 0.337 e. The highest BCUT2D eigenvalue weighted by atomic mass is 35.5. The van der Waals surface area contributed by atoms with Crippen molar-refractivity contribution in [2.75, 3.05) is 17.3 Å². The van der Waals surface area contributed by atoms with Crippen molar-refractivity contribution in [2.45, 2.75) is 19.4 Å². The number of rotatable bonds is 6. The van der Waals surface area contributed by atoms with Gasteiger partial charge in [-0.15, -0.1) is 0 Å². The number of halogens is 1. The van der Waals surface area contributed by atoms with Crippen LogP contribution in [0.3, 0.4) is 0 Å². The Balaban J connectivity index is 2.66. The van der Waals surface area contributed by atoms with Crippen LogP contribution in [-0.2, 0) is 10.8 Å². The number of amides is 2. The van der Waals surface area contributed by atoms with E-state index in [1.54, 1.807) is 13.2 Å². The molecule has 0 aliphatic rings. The molecule has 0 bridgehead atoms. The van der Waals surface area contributed by atoms with Crippen LogP contribution in [0, 0.1) is 0 Å². The number of carbonyl (C=O) groups is 2. The molecule has 1 aromatic carbocycles. The standard InChI is InChI=1S/C13H17ClN2O4S/c1-8(5-6-21(2)20)15-13(19)16-11-4-3-9(14)7-10(11)12(17)18/h3-4,7-8H,5-6H2,1-2H3,(H,17,18)(H2,15,16,19). The lowest BCUT2D eigenvalue weighted by Crippen LogP contribution is -2.37. The number of urea groups is 1. The number of hydrogen-bond donors (Lipinski definition) is 3. The van der Waals surface area contributed by atoms with E-state index in [1.807, 2.05) is 0 Å². The van der Waals surface area contributed by atoms with Crippen molar-refractivity contribution in [2.24, 2.45) is 0 Å². The summed E-state index contributed by atoms with van der Waals surface area (Å²) in [5, 5.41) is 14.5. The van der Waals surface area contributed by atoms with Gasteiger partial charge in [0.1, 0.15) is 0 Å². The van der Waals surface area contributed by atoms with E-state index >= 15 is 0 Å². The zero-order valence-electron chi connectivity index (χ0n) is 11.7. The smallest absolute Gasteiger partial charge is 0.337 e. The van der Waals surface area contributed by atoms with Crippen molar-refractivity contribution in [1.82, 2.24) is 5.32 Å². The number of anilines is 1. The molecule has 0 aromatic heterocycles. The summed E-state index contributed by atoms with van der Waals surface area (Å²) in [5.74, 6) is -0.690. The highest BCUT2D eigenvalue weighted by Crippen LogP contribution is 2.20. The second-order valence-corrected chi connectivity index (χ2v) is 6.55. The highest BCUT2D eigenvalue weighted by molar-refractivity contribution is 7.84. The first-order chi connectivity index (χ1) is 9.79. The summed E-state index contributed by atoms with van der Waals surface area (Å²) in [6, 6.07) is 3.50. The minimum atomic E-state index is -1.18. The second kappa shape index (κ2) is 7.99. The lowest BCUT2D eigenvalue weighted by atomic mass is 10.2. The molecule has 2 amide bonds. The second-order valence-electron chi connectivity index (χ2n) is 4.56. The summed E-state index contributed by atoms with van der Waals surface area (Å²) >= 11 is 5.73. The van der Waals surface area contributed by atoms with Gasteiger partial charge in [-0.2, -0.15) is 0 Å². The van der Waals surface area contributed by atoms with Gasteiger partial charge in [0.2, 0.25) is 0 Å². The van der Waals surface area contributed by atoms with Gasteiger partial charge in [0.25, 0.3) is 0 Å². The monoisotopic (exact) mass is 332 g/mol. The fourth-order valence-corrected chi connectivity index (χ4v) is 2.46. The first-order valence-electron chi connectivity index (χ1n) is 6.20. The van der Waals surface area contributed by atoms with Crippen molar-refractivity contribution in [3.8, 4) is 0 Å². The Hall–Kier alpha value is -1.60. The predicted molar refractivity (Wildman–Crippen MR) is 83.6 cm³/mol. The fraction of sp³-hybridized carbons (Fsp3) is 0.385. The molecule has 2 unspecified atom stereocenters. The van der Waals surface area contributed by atoms with E-state index in [-0.39, 0.29) is 22.3 Å². The Kier molecular flexibility index (Phi) is 6.64. The van der Waals surface area contributed by atoms with Crippen LogP contribution in [-0.4, -0.2) is 39.4 Å². The first kappa shape index (κ1) is 17.5. The van der Waals surface area contributed by atoms with Gasteiger partial charge in [-0.1, -0.05) is 11.6 Å². The van der Waals surface area contributed by atoms with Gasteiger partial charge in [0.05, 0.1) is 11.3 Å². The van der Waals surface area contributed by atoms with Crippen LogP contribution in [0.5, 0.6) is 0 Å². The van der Waals surface area contributed by atoms with Gasteiger partial charge in [-0.25, -0.2) is 9.59 Å². The number of hydrogen-bond acceptors (Lipinski definition) is 3. The minimum absolute atomic E-state index is 0.0834. The van der Waals surface area contributed by atoms with Crippen molar-refractivity contribution in [3.05, 3.63) is 28.8 Å². The quantitative estimate of drug-likeness (QED) is 0.745. The molecule has 0 aliphatic heterocycles. The zero-order valence-corrected chi connectivity index (χ0v) is 13.3. The average molecular weight is 333 g/mol. The van der Waals surface area contributed by atoms with Crippen LogP contribution in [0.1, 0.15) is 23.7 Å². The number of carboxylic acid groups (broad SMARTS) is 1. The Morgan fingerprint density at radius 2 is 2.10 bits per heavy atom. The van der Waals surface area contributed by atoms with Crippen LogP contribution in [0.15, 0.2) is 18.2 Å². The molecule has 0 saturated heterocycles. The van der Waals surface area contributed by atoms with Crippen LogP contribution in [0.2, 0.25) is 5.02 Å². The number of aromatic carboxylic acids is 1. The van der Waals surface area contributed by atoms with Gasteiger partial charge in [-0.05, 0) is 31.5 Å². The molecular formula is C13H17ClN2O4S. The first-order valence-corrected chi connectivity index (χ1v) is 8.30. The van der Waals surface area contributed by atoms with Crippen molar-refractivity contribution < 1.29 is 18.9 Å². The Morgan fingerprint density at radius 3 is 2.67 bits per heavy atom. The third kappa shape index (κ3) is 6.14. The lowest BCUT2D eigenvalue weighted by molar-refractivity contribution is 0.0698. The Labute approximate surface area is 130 Å². The summed E-state index contributed by atoms with van der Waals surface area (Å²) in [6.45, 7) is 1.78. The molecule has 1 aromatic rings. The van der Waals surface area contributed by atoms with E-state index in [1.165, 1.54) is 18.2 Å². The number of carbonyl (C=O) groups excluding carboxylic acids is 1. The molecule has 0 heterocycles. The van der Waals surface area contributed by atoms with E-state index in [0.717, 1.165) is 0 Å². The summed E-state index contributed by atoms with van der Waals surface area (Å²) in [5.41, 5.74) is 0.0793. The van der Waals surface area contributed by atoms with Gasteiger partial charge in [0, 0.05) is 33.9 Å². The molecule has 1 rings (SSSR count). The molecule has 3 N–H and O–H groups in total. The van der Waals surface area contributed by atoms with Crippen LogP contribution < -0.4 is 10.6 Å². The highest BCUT2D eigenvalue weighted by Gasteiger charge is 2.14. The predicted octanol–water partition coefficient (Wildman–Crippen LogP) is 2.32. The van der Waals surface area contributed by atoms with Crippen molar-refractivity contribution in [1.29, 1.82) is 0 Å².